The summed E-state index contributed by atoms with van der Waals surface area (Å²) in [4.78, 5) is 7.72. The molecule has 126 valence electrons. The second-order valence-electron chi connectivity index (χ2n) is 7.15. The van der Waals surface area contributed by atoms with Crippen molar-refractivity contribution in [2.45, 2.75) is 39.8 Å². The van der Waals surface area contributed by atoms with Gasteiger partial charge in [-0.1, -0.05) is 18.2 Å². The van der Waals surface area contributed by atoms with E-state index in [0.717, 1.165) is 22.2 Å². The second kappa shape index (κ2) is 6.17. The Balaban J connectivity index is 1.88. The minimum atomic E-state index is -0.0114. The van der Waals surface area contributed by atoms with Crippen LogP contribution in [0.3, 0.4) is 0 Å². The molecule has 0 unspecified atom stereocenters. The highest BCUT2D eigenvalue weighted by Crippen LogP contribution is 2.32. The van der Waals surface area contributed by atoms with Gasteiger partial charge in [0.05, 0.1) is 16.7 Å². The summed E-state index contributed by atoms with van der Waals surface area (Å²) >= 11 is 0. The molecule has 0 amide bonds. The number of nitrogens with one attached hydrogen (secondary N) is 3. The lowest BCUT2D eigenvalue weighted by atomic mass is 10.1. The molecule has 3 rings (SSSR count). The minimum absolute atomic E-state index is 0.0114. The van der Waals surface area contributed by atoms with Gasteiger partial charge in [-0.3, -0.25) is 0 Å². The number of aryl methyl sites for hydroxylation is 1. The maximum Gasteiger partial charge on any atom is 0.205 e. The lowest BCUT2D eigenvalue weighted by molar-refractivity contribution is 0.412. The molecule has 0 aliphatic rings. The summed E-state index contributed by atoms with van der Waals surface area (Å²) in [5.74, 6) is 0.865. The summed E-state index contributed by atoms with van der Waals surface area (Å²) in [5.41, 5.74) is 4.44. The van der Waals surface area contributed by atoms with Crippen molar-refractivity contribution < 1.29 is 5.11 Å². The van der Waals surface area contributed by atoms with Crippen molar-refractivity contribution in [1.82, 2.24) is 15.3 Å². The molecule has 2 aromatic carbocycles. The van der Waals surface area contributed by atoms with Gasteiger partial charge < -0.3 is 20.7 Å². The zero-order valence-electron chi connectivity index (χ0n) is 14.6. The molecule has 3 aromatic rings. The van der Waals surface area contributed by atoms with Crippen molar-refractivity contribution in [3.8, 4) is 5.75 Å². The summed E-state index contributed by atoms with van der Waals surface area (Å²) in [7, 11) is 0. The van der Waals surface area contributed by atoms with E-state index >= 15 is 0 Å². The number of aromatic amines is 1. The Labute approximate surface area is 142 Å². The van der Waals surface area contributed by atoms with Gasteiger partial charge in [0.25, 0.3) is 0 Å². The Hall–Kier alpha value is -2.53. The predicted molar refractivity (Wildman–Crippen MR) is 98.8 cm³/mol. The maximum atomic E-state index is 10.6. The number of nitrogens with zero attached hydrogens (tertiary/aromatic N) is 1. The number of hydrogen-bond donors (Lipinski definition) is 4. The Morgan fingerprint density at radius 2 is 1.92 bits per heavy atom. The standard InChI is InChI=1S/C19H24N4O/c1-12-9-13(11-20-19(2,3)4)17(24)16(10-12)23-18-21-14-7-5-6-8-15(14)22-18/h5-10,20,24H,11H2,1-4H3,(H2,21,22,23). The van der Waals surface area contributed by atoms with Crippen molar-refractivity contribution >= 4 is 22.7 Å². The number of rotatable bonds is 4. The fraction of sp³-hybridized carbons (Fsp3) is 0.316. The van der Waals surface area contributed by atoms with E-state index in [-0.39, 0.29) is 11.3 Å². The van der Waals surface area contributed by atoms with Gasteiger partial charge in [0.2, 0.25) is 5.95 Å². The van der Waals surface area contributed by atoms with E-state index < -0.39 is 0 Å². The van der Waals surface area contributed by atoms with E-state index in [1.165, 1.54) is 0 Å². The summed E-state index contributed by atoms with van der Waals surface area (Å²) < 4.78 is 0. The molecule has 0 aliphatic heterocycles. The van der Waals surface area contributed by atoms with Crippen LogP contribution in [0.25, 0.3) is 11.0 Å². The van der Waals surface area contributed by atoms with Crippen LogP contribution < -0.4 is 10.6 Å². The highest BCUT2D eigenvalue weighted by Gasteiger charge is 2.14. The van der Waals surface area contributed by atoms with E-state index in [1.54, 1.807) is 0 Å². The van der Waals surface area contributed by atoms with Gasteiger partial charge >= 0.3 is 0 Å². The summed E-state index contributed by atoms with van der Waals surface area (Å²) in [6, 6.07) is 11.8. The Morgan fingerprint density at radius 1 is 1.17 bits per heavy atom. The molecule has 0 bridgehead atoms. The average Bonchev–Trinajstić information content (AvgIpc) is 2.90. The Kier molecular flexibility index (Phi) is 4.20. The molecular formula is C19H24N4O. The number of phenolic OH excluding ortho intramolecular Hbond substituents is 1. The third-order valence-corrected chi connectivity index (χ3v) is 3.78. The molecular weight excluding hydrogens is 300 g/mol. The topological polar surface area (TPSA) is 73.0 Å². The van der Waals surface area contributed by atoms with Crippen LogP contribution in [0.15, 0.2) is 36.4 Å². The smallest absolute Gasteiger partial charge is 0.205 e. The molecule has 0 radical (unpaired) electrons. The van der Waals surface area contributed by atoms with Gasteiger partial charge in [-0.05, 0) is 51.5 Å². The third-order valence-electron chi connectivity index (χ3n) is 3.78. The molecule has 1 aromatic heterocycles. The van der Waals surface area contributed by atoms with Gasteiger partial charge in [0.1, 0.15) is 5.75 Å². The predicted octanol–water partition coefficient (Wildman–Crippen LogP) is 4.21. The molecule has 0 atom stereocenters. The fourth-order valence-electron chi connectivity index (χ4n) is 2.58. The first-order chi connectivity index (χ1) is 11.3. The van der Waals surface area contributed by atoms with E-state index in [0.29, 0.717) is 18.2 Å². The number of aromatic nitrogens is 2. The van der Waals surface area contributed by atoms with E-state index in [1.807, 2.05) is 43.3 Å². The molecule has 0 fully saturated rings. The molecule has 0 saturated heterocycles. The fourth-order valence-corrected chi connectivity index (χ4v) is 2.58. The van der Waals surface area contributed by atoms with Crippen LogP contribution in [0.1, 0.15) is 31.9 Å². The van der Waals surface area contributed by atoms with Crippen LogP contribution in [-0.2, 0) is 6.54 Å². The molecule has 5 heteroatoms. The normalized spacial score (nSPS) is 11.8. The SMILES string of the molecule is Cc1cc(CNC(C)(C)C)c(O)c(Nc2nc3ccccc3[nH]2)c1. The molecule has 1 heterocycles. The summed E-state index contributed by atoms with van der Waals surface area (Å²) in [6.45, 7) is 8.93. The van der Waals surface area contributed by atoms with E-state index in [9.17, 15) is 5.11 Å². The summed E-state index contributed by atoms with van der Waals surface area (Å²) in [6.07, 6.45) is 0. The third kappa shape index (κ3) is 3.68. The molecule has 24 heavy (non-hydrogen) atoms. The van der Waals surface area contributed by atoms with Crippen LogP contribution in [0.2, 0.25) is 0 Å². The number of anilines is 2. The second-order valence-corrected chi connectivity index (χ2v) is 7.15. The molecule has 5 nitrogen and oxygen atoms in total. The molecule has 4 N–H and O–H groups in total. The molecule has 0 saturated carbocycles. The van der Waals surface area contributed by atoms with Crippen molar-refractivity contribution in [1.29, 1.82) is 0 Å². The number of benzene rings is 2. The first-order valence-corrected chi connectivity index (χ1v) is 8.11. The molecule has 0 spiro atoms. The van der Waals surface area contributed by atoms with Crippen molar-refractivity contribution in [3.63, 3.8) is 0 Å². The Morgan fingerprint density at radius 3 is 2.62 bits per heavy atom. The van der Waals surface area contributed by atoms with E-state index in [4.69, 9.17) is 0 Å². The van der Waals surface area contributed by atoms with Crippen molar-refractivity contribution in [2.24, 2.45) is 0 Å². The Bertz CT molecular complexity index is 828. The van der Waals surface area contributed by atoms with Gasteiger partial charge in [0, 0.05) is 17.6 Å². The van der Waals surface area contributed by atoms with Crippen LogP contribution in [0.4, 0.5) is 11.6 Å². The highest BCUT2D eigenvalue weighted by molar-refractivity contribution is 5.79. The van der Waals surface area contributed by atoms with E-state index in [2.05, 4.69) is 41.4 Å². The van der Waals surface area contributed by atoms with Crippen LogP contribution >= 0.6 is 0 Å². The summed E-state index contributed by atoms with van der Waals surface area (Å²) in [5, 5.41) is 17.2. The zero-order chi connectivity index (χ0) is 17.3. The number of imidazole rings is 1. The van der Waals surface area contributed by atoms with Gasteiger partial charge in [0.15, 0.2) is 0 Å². The lowest BCUT2D eigenvalue weighted by Crippen LogP contribution is -2.35. The number of para-hydroxylation sites is 2. The zero-order valence-corrected chi connectivity index (χ0v) is 14.6. The van der Waals surface area contributed by atoms with Crippen LogP contribution in [0, 0.1) is 6.92 Å². The lowest BCUT2D eigenvalue weighted by Gasteiger charge is -2.21. The number of fused-ring (bicyclic) bond motifs is 1. The maximum absolute atomic E-state index is 10.6. The molecule has 0 aliphatic carbocycles. The van der Waals surface area contributed by atoms with Gasteiger partial charge in [-0.25, -0.2) is 4.98 Å². The highest BCUT2D eigenvalue weighted by atomic mass is 16.3. The quantitative estimate of drug-likeness (QED) is 0.543. The number of hydrogen-bond acceptors (Lipinski definition) is 4. The first-order valence-electron chi connectivity index (χ1n) is 8.11. The number of H-pyrrole nitrogens is 1. The van der Waals surface area contributed by atoms with Crippen molar-refractivity contribution in [3.05, 3.63) is 47.5 Å². The number of aromatic hydroxyl groups is 1. The van der Waals surface area contributed by atoms with Crippen LogP contribution in [-0.4, -0.2) is 20.6 Å². The largest absolute Gasteiger partial charge is 0.505 e. The van der Waals surface area contributed by atoms with Gasteiger partial charge in [-0.15, -0.1) is 0 Å². The average molecular weight is 324 g/mol. The monoisotopic (exact) mass is 324 g/mol. The van der Waals surface area contributed by atoms with Gasteiger partial charge in [-0.2, -0.15) is 0 Å². The first kappa shape index (κ1) is 16.3. The van der Waals surface area contributed by atoms with Crippen LogP contribution in [0.5, 0.6) is 5.75 Å². The minimum Gasteiger partial charge on any atom is -0.505 e. The van der Waals surface area contributed by atoms with Crippen molar-refractivity contribution in [2.75, 3.05) is 5.32 Å². The number of phenols is 1.